The van der Waals surface area contributed by atoms with Crippen LogP contribution in [-0.4, -0.2) is 45.3 Å². The number of nitrogens with one attached hydrogen (secondary N) is 1. The minimum absolute atomic E-state index is 0.0594. The van der Waals surface area contributed by atoms with Crippen molar-refractivity contribution in [3.8, 4) is 5.75 Å². The number of nitrogens with zero attached hydrogens (tertiary/aromatic N) is 2. The Balaban J connectivity index is 1.46. The summed E-state index contributed by atoms with van der Waals surface area (Å²) in [6, 6.07) is 22.3. The van der Waals surface area contributed by atoms with E-state index in [1.165, 1.54) is 19.2 Å². The Bertz CT molecular complexity index is 1310. The summed E-state index contributed by atoms with van der Waals surface area (Å²) >= 11 is 0. The van der Waals surface area contributed by atoms with Gasteiger partial charge in [0.2, 0.25) is 11.8 Å². The van der Waals surface area contributed by atoms with Gasteiger partial charge in [0.25, 0.3) is 10.0 Å². The van der Waals surface area contributed by atoms with Crippen LogP contribution in [0, 0.1) is 0 Å². The molecule has 0 saturated carbocycles. The maximum Gasteiger partial charge on any atom is 0.264 e. The lowest BCUT2D eigenvalue weighted by Crippen LogP contribution is -2.40. The van der Waals surface area contributed by atoms with Gasteiger partial charge >= 0.3 is 0 Å². The highest BCUT2D eigenvalue weighted by atomic mass is 32.2. The molecule has 9 heteroatoms. The van der Waals surface area contributed by atoms with Gasteiger partial charge < -0.3 is 15.0 Å². The van der Waals surface area contributed by atoms with Crippen molar-refractivity contribution in [2.75, 3.05) is 24.5 Å². The van der Waals surface area contributed by atoms with Gasteiger partial charge in [0, 0.05) is 26.1 Å². The molecule has 1 aliphatic rings. The van der Waals surface area contributed by atoms with Crippen LogP contribution in [0.4, 0.5) is 5.69 Å². The number of benzene rings is 3. The van der Waals surface area contributed by atoms with E-state index in [-0.39, 0.29) is 23.9 Å². The third-order valence-corrected chi connectivity index (χ3v) is 7.79. The molecule has 3 aromatic rings. The number of sulfonamides is 1. The van der Waals surface area contributed by atoms with Gasteiger partial charge in [-0.2, -0.15) is 0 Å². The zero-order valence-electron chi connectivity index (χ0n) is 20.1. The highest BCUT2D eigenvalue weighted by Crippen LogP contribution is 2.25. The molecule has 36 heavy (non-hydrogen) atoms. The van der Waals surface area contributed by atoms with Gasteiger partial charge in [-0.05, 0) is 53.9 Å². The molecule has 0 bridgehead atoms. The summed E-state index contributed by atoms with van der Waals surface area (Å²) in [5.41, 5.74) is 2.25. The molecular formula is C27H29N3O5S. The fourth-order valence-electron chi connectivity index (χ4n) is 4.10. The molecule has 1 saturated heterocycles. The summed E-state index contributed by atoms with van der Waals surface area (Å²) in [5.74, 6) is 0.262. The van der Waals surface area contributed by atoms with Gasteiger partial charge in [0.05, 0.1) is 17.7 Å². The van der Waals surface area contributed by atoms with Crippen LogP contribution < -0.4 is 14.4 Å². The van der Waals surface area contributed by atoms with Gasteiger partial charge in [-0.1, -0.05) is 42.5 Å². The Labute approximate surface area is 211 Å². The summed E-state index contributed by atoms with van der Waals surface area (Å²) in [6.07, 6.45) is 1.47. The van der Waals surface area contributed by atoms with Crippen molar-refractivity contribution in [1.82, 2.24) is 10.2 Å². The van der Waals surface area contributed by atoms with Gasteiger partial charge in [-0.3, -0.25) is 13.9 Å². The largest absolute Gasteiger partial charge is 0.497 e. The smallest absolute Gasteiger partial charge is 0.264 e. The Morgan fingerprint density at radius 2 is 1.72 bits per heavy atom. The van der Waals surface area contributed by atoms with Crippen LogP contribution >= 0.6 is 0 Å². The van der Waals surface area contributed by atoms with Crippen LogP contribution in [0.1, 0.15) is 24.0 Å². The standard InChI is InChI=1S/C27H29N3O5S/c1-35-24-12-14-25(15-13-24)36(33,34)30(23-9-3-2-4-10-23)20-26(31)28-18-21-7-5-8-22(17-21)19-29-16-6-11-27(29)32/h2-5,7-10,12-15,17H,6,11,16,18-20H2,1H3,(H,28,31). The lowest BCUT2D eigenvalue weighted by Gasteiger charge is -2.24. The van der Waals surface area contributed by atoms with Crippen LogP contribution in [0.3, 0.4) is 0 Å². The number of para-hydroxylation sites is 1. The van der Waals surface area contributed by atoms with Gasteiger partial charge in [0.15, 0.2) is 0 Å². The number of likely N-dealkylation sites (tertiary alicyclic amines) is 1. The number of anilines is 1. The second-order valence-electron chi connectivity index (χ2n) is 8.54. The lowest BCUT2D eigenvalue weighted by atomic mass is 10.1. The van der Waals surface area contributed by atoms with Crippen LogP contribution in [0.5, 0.6) is 5.75 Å². The fraction of sp³-hybridized carbons (Fsp3) is 0.259. The minimum atomic E-state index is -4.00. The van der Waals surface area contributed by atoms with Crippen LogP contribution in [0.2, 0.25) is 0 Å². The average Bonchev–Trinajstić information content (AvgIpc) is 3.30. The molecule has 8 nitrogen and oxygen atoms in total. The van der Waals surface area contributed by atoms with E-state index in [0.717, 1.165) is 28.4 Å². The molecule has 0 aromatic heterocycles. The first-order valence-corrected chi connectivity index (χ1v) is 13.1. The van der Waals surface area contributed by atoms with Crippen molar-refractivity contribution in [2.45, 2.75) is 30.8 Å². The number of hydrogen-bond donors (Lipinski definition) is 1. The molecule has 0 unspecified atom stereocenters. The van der Waals surface area contributed by atoms with E-state index in [1.54, 1.807) is 42.5 Å². The second-order valence-corrected chi connectivity index (χ2v) is 10.4. The van der Waals surface area contributed by atoms with E-state index >= 15 is 0 Å². The van der Waals surface area contributed by atoms with E-state index in [9.17, 15) is 18.0 Å². The van der Waals surface area contributed by atoms with E-state index in [2.05, 4.69) is 5.32 Å². The van der Waals surface area contributed by atoms with Gasteiger partial charge in [-0.15, -0.1) is 0 Å². The minimum Gasteiger partial charge on any atom is -0.497 e. The number of rotatable bonds is 10. The molecular weight excluding hydrogens is 478 g/mol. The molecule has 1 aliphatic heterocycles. The zero-order valence-corrected chi connectivity index (χ0v) is 20.9. The van der Waals surface area contributed by atoms with Gasteiger partial charge in [-0.25, -0.2) is 8.42 Å². The molecule has 0 radical (unpaired) electrons. The van der Waals surface area contributed by atoms with E-state index in [0.29, 0.717) is 24.4 Å². The highest BCUT2D eigenvalue weighted by molar-refractivity contribution is 7.92. The average molecular weight is 508 g/mol. The quantitative estimate of drug-likeness (QED) is 0.454. The summed E-state index contributed by atoms with van der Waals surface area (Å²) in [6.45, 7) is 1.17. The summed E-state index contributed by atoms with van der Waals surface area (Å²) in [5, 5.41) is 2.83. The first kappa shape index (κ1) is 25.2. The monoisotopic (exact) mass is 507 g/mol. The highest BCUT2D eigenvalue weighted by Gasteiger charge is 2.27. The topological polar surface area (TPSA) is 96.0 Å². The van der Waals surface area contributed by atoms with Gasteiger partial charge in [0.1, 0.15) is 12.3 Å². The third kappa shape index (κ3) is 6.04. The third-order valence-electron chi connectivity index (χ3n) is 6.00. The maximum atomic E-state index is 13.5. The number of methoxy groups -OCH3 is 1. The summed E-state index contributed by atoms with van der Waals surface area (Å²) in [4.78, 5) is 26.7. The van der Waals surface area contributed by atoms with Crippen molar-refractivity contribution < 1.29 is 22.7 Å². The molecule has 3 aromatic carbocycles. The van der Waals surface area contributed by atoms with Crippen molar-refractivity contribution in [2.24, 2.45) is 0 Å². The van der Waals surface area contributed by atoms with E-state index in [4.69, 9.17) is 4.74 Å². The molecule has 188 valence electrons. The Kier molecular flexibility index (Phi) is 7.90. The molecule has 4 rings (SSSR count). The molecule has 1 fully saturated rings. The van der Waals surface area contributed by atoms with Crippen LogP contribution in [-0.2, 0) is 32.7 Å². The maximum absolute atomic E-state index is 13.5. The molecule has 1 N–H and O–H groups in total. The SMILES string of the molecule is COc1ccc(S(=O)(=O)N(CC(=O)NCc2cccc(CN3CCCC3=O)c2)c2ccccc2)cc1. The molecule has 1 heterocycles. The van der Waals surface area contributed by atoms with E-state index < -0.39 is 15.9 Å². The van der Waals surface area contributed by atoms with Crippen molar-refractivity contribution in [1.29, 1.82) is 0 Å². The fourth-order valence-corrected chi connectivity index (χ4v) is 5.52. The number of hydrogen-bond acceptors (Lipinski definition) is 5. The molecule has 0 atom stereocenters. The summed E-state index contributed by atoms with van der Waals surface area (Å²) < 4.78 is 33.1. The van der Waals surface area contributed by atoms with Crippen LogP contribution in [0.15, 0.2) is 83.8 Å². The first-order valence-electron chi connectivity index (χ1n) is 11.7. The molecule has 0 aliphatic carbocycles. The number of carbonyl (C=O) groups is 2. The molecule has 2 amide bonds. The van der Waals surface area contributed by atoms with Crippen molar-refractivity contribution >= 4 is 27.5 Å². The van der Waals surface area contributed by atoms with E-state index in [1.807, 2.05) is 29.2 Å². The predicted octanol–water partition coefficient (Wildman–Crippen LogP) is 3.33. The Morgan fingerprint density at radius 1 is 1.00 bits per heavy atom. The van der Waals surface area contributed by atoms with Crippen molar-refractivity contribution in [3.63, 3.8) is 0 Å². The number of amides is 2. The van der Waals surface area contributed by atoms with Crippen molar-refractivity contribution in [3.05, 3.63) is 90.0 Å². The number of ether oxygens (including phenoxy) is 1. The normalized spacial score (nSPS) is 13.5. The zero-order chi connectivity index (χ0) is 25.5. The number of carbonyl (C=O) groups excluding carboxylic acids is 2. The Morgan fingerprint density at radius 3 is 2.39 bits per heavy atom. The predicted molar refractivity (Wildman–Crippen MR) is 137 cm³/mol. The Hall–Kier alpha value is -3.85. The lowest BCUT2D eigenvalue weighted by molar-refractivity contribution is -0.128. The molecule has 0 spiro atoms. The second kappa shape index (κ2) is 11.3. The summed E-state index contributed by atoms with van der Waals surface area (Å²) in [7, 11) is -2.50. The first-order chi connectivity index (χ1) is 17.4. The van der Waals surface area contributed by atoms with Crippen LogP contribution in [0.25, 0.3) is 0 Å².